The fraction of sp³-hybridized carbons (Fsp3) is 0.647. The van der Waals surface area contributed by atoms with Gasteiger partial charge in [-0.2, -0.15) is 10.1 Å². The van der Waals surface area contributed by atoms with Gasteiger partial charge in [-0.1, -0.05) is 11.6 Å². The number of carbonyl (C=O) groups excluding carboxylic acids is 1. The minimum atomic E-state index is 0.203. The van der Waals surface area contributed by atoms with Crippen LogP contribution in [0.4, 0.5) is 5.69 Å². The third-order valence-corrected chi connectivity index (χ3v) is 5.59. The van der Waals surface area contributed by atoms with Gasteiger partial charge in [0, 0.05) is 38.2 Å². The van der Waals surface area contributed by atoms with Gasteiger partial charge in [0.05, 0.1) is 24.5 Å². The lowest BCUT2D eigenvalue weighted by molar-refractivity contribution is -0.117. The standard InChI is InChI=1S/C17H22N6O2/c24-16-5-2-6-22(16)13-7-18-23(10-13)14-8-21(9-14)11-15-19-17(25-20-15)12-3-1-4-12/h7,10,12,14H,1-6,8-9,11H2. The number of likely N-dealkylation sites (tertiary alicyclic amines) is 1. The highest BCUT2D eigenvalue weighted by Gasteiger charge is 2.32. The van der Waals surface area contributed by atoms with Crippen LogP contribution in [0.2, 0.25) is 0 Å². The first-order valence-electron chi connectivity index (χ1n) is 9.15. The molecule has 25 heavy (non-hydrogen) atoms. The summed E-state index contributed by atoms with van der Waals surface area (Å²) in [6, 6.07) is 0.351. The Bertz CT molecular complexity index is 774. The Morgan fingerprint density at radius 2 is 2.12 bits per heavy atom. The van der Waals surface area contributed by atoms with Crippen molar-refractivity contribution in [3.63, 3.8) is 0 Å². The van der Waals surface area contributed by atoms with Crippen LogP contribution in [0.15, 0.2) is 16.9 Å². The van der Waals surface area contributed by atoms with Crippen molar-refractivity contribution in [1.82, 2.24) is 24.8 Å². The number of nitrogens with zero attached hydrogens (tertiary/aromatic N) is 6. The highest BCUT2D eigenvalue weighted by atomic mass is 16.5. The molecule has 0 unspecified atom stereocenters. The SMILES string of the molecule is O=C1CCCN1c1cnn(C2CN(Cc3noc(C4CCC4)n3)C2)c1. The van der Waals surface area contributed by atoms with Crippen molar-refractivity contribution in [3.8, 4) is 0 Å². The Kier molecular flexibility index (Phi) is 3.58. The van der Waals surface area contributed by atoms with Crippen molar-refractivity contribution in [2.24, 2.45) is 0 Å². The van der Waals surface area contributed by atoms with Gasteiger partial charge < -0.3 is 9.42 Å². The lowest BCUT2D eigenvalue weighted by Gasteiger charge is -2.38. The number of amides is 1. The maximum absolute atomic E-state index is 11.8. The molecule has 4 heterocycles. The molecule has 1 amide bonds. The summed E-state index contributed by atoms with van der Waals surface area (Å²) < 4.78 is 7.36. The average molecular weight is 342 g/mol. The molecule has 3 aliphatic rings. The summed E-state index contributed by atoms with van der Waals surface area (Å²) in [6.45, 7) is 3.37. The number of hydrogen-bond donors (Lipinski definition) is 0. The number of hydrogen-bond acceptors (Lipinski definition) is 6. The Balaban J connectivity index is 1.16. The van der Waals surface area contributed by atoms with Crippen molar-refractivity contribution in [2.45, 2.75) is 50.6 Å². The quantitative estimate of drug-likeness (QED) is 0.823. The Hall–Kier alpha value is -2.22. The second-order valence-corrected chi connectivity index (χ2v) is 7.35. The maximum Gasteiger partial charge on any atom is 0.229 e. The zero-order valence-corrected chi connectivity index (χ0v) is 14.2. The van der Waals surface area contributed by atoms with Crippen LogP contribution in [0.5, 0.6) is 0 Å². The van der Waals surface area contributed by atoms with Gasteiger partial charge >= 0.3 is 0 Å². The zero-order valence-electron chi connectivity index (χ0n) is 14.2. The van der Waals surface area contributed by atoms with E-state index in [1.807, 2.05) is 15.8 Å². The van der Waals surface area contributed by atoms with Crippen molar-refractivity contribution in [3.05, 3.63) is 24.1 Å². The molecular weight excluding hydrogens is 320 g/mol. The monoisotopic (exact) mass is 342 g/mol. The molecule has 5 rings (SSSR count). The van der Waals surface area contributed by atoms with E-state index in [2.05, 4.69) is 20.1 Å². The van der Waals surface area contributed by atoms with Gasteiger partial charge in [0.15, 0.2) is 5.82 Å². The van der Waals surface area contributed by atoms with Crippen LogP contribution in [0, 0.1) is 0 Å². The first-order chi connectivity index (χ1) is 12.3. The normalized spacial score (nSPS) is 22.4. The van der Waals surface area contributed by atoms with Crippen molar-refractivity contribution in [1.29, 1.82) is 0 Å². The third-order valence-electron chi connectivity index (χ3n) is 5.59. The summed E-state index contributed by atoms with van der Waals surface area (Å²) in [6.07, 6.45) is 9.00. The Morgan fingerprint density at radius 1 is 1.24 bits per heavy atom. The molecule has 0 aromatic carbocycles. The first-order valence-corrected chi connectivity index (χ1v) is 9.15. The predicted octanol–water partition coefficient (Wildman–Crippen LogP) is 1.72. The van der Waals surface area contributed by atoms with E-state index in [0.717, 1.165) is 50.0 Å². The van der Waals surface area contributed by atoms with E-state index in [-0.39, 0.29) is 5.91 Å². The van der Waals surface area contributed by atoms with Gasteiger partial charge in [0.25, 0.3) is 0 Å². The fourth-order valence-electron chi connectivity index (χ4n) is 3.78. The number of aromatic nitrogens is 4. The van der Waals surface area contributed by atoms with Crippen LogP contribution in [-0.4, -0.2) is 50.4 Å². The minimum absolute atomic E-state index is 0.203. The third kappa shape index (κ3) is 2.74. The summed E-state index contributed by atoms with van der Waals surface area (Å²) in [4.78, 5) is 20.5. The smallest absolute Gasteiger partial charge is 0.229 e. The van der Waals surface area contributed by atoms with Crippen LogP contribution >= 0.6 is 0 Å². The number of anilines is 1. The van der Waals surface area contributed by atoms with E-state index >= 15 is 0 Å². The van der Waals surface area contributed by atoms with E-state index in [9.17, 15) is 4.79 Å². The second-order valence-electron chi connectivity index (χ2n) is 7.35. The number of rotatable bonds is 5. The highest BCUT2D eigenvalue weighted by molar-refractivity contribution is 5.95. The topological polar surface area (TPSA) is 80.3 Å². The molecule has 2 saturated heterocycles. The summed E-state index contributed by atoms with van der Waals surface area (Å²) in [7, 11) is 0. The molecule has 1 aliphatic carbocycles. The van der Waals surface area contributed by atoms with Crippen LogP contribution in [0.3, 0.4) is 0 Å². The van der Waals surface area contributed by atoms with E-state index in [4.69, 9.17) is 4.52 Å². The van der Waals surface area contributed by atoms with Crippen molar-refractivity contribution in [2.75, 3.05) is 24.5 Å². The molecule has 0 atom stereocenters. The summed E-state index contributed by atoms with van der Waals surface area (Å²) >= 11 is 0. The molecule has 0 N–H and O–H groups in total. The molecule has 0 bridgehead atoms. The van der Waals surface area contributed by atoms with Gasteiger partial charge in [0.1, 0.15) is 0 Å². The molecule has 132 valence electrons. The van der Waals surface area contributed by atoms with E-state index < -0.39 is 0 Å². The predicted molar refractivity (Wildman–Crippen MR) is 89.0 cm³/mol. The molecule has 8 heteroatoms. The van der Waals surface area contributed by atoms with E-state index in [0.29, 0.717) is 18.4 Å². The fourth-order valence-corrected chi connectivity index (χ4v) is 3.78. The molecule has 3 fully saturated rings. The summed E-state index contributed by atoms with van der Waals surface area (Å²) in [5.41, 5.74) is 0.921. The van der Waals surface area contributed by atoms with Crippen LogP contribution in [0.1, 0.15) is 55.8 Å². The minimum Gasteiger partial charge on any atom is -0.339 e. The summed E-state index contributed by atoms with van der Waals surface area (Å²) in [5.74, 6) is 2.28. The molecular formula is C17H22N6O2. The van der Waals surface area contributed by atoms with Gasteiger partial charge in [-0.15, -0.1) is 0 Å². The van der Waals surface area contributed by atoms with Crippen LogP contribution in [0.25, 0.3) is 0 Å². The lowest BCUT2D eigenvalue weighted by Crippen LogP contribution is -2.47. The van der Waals surface area contributed by atoms with Gasteiger partial charge in [0.2, 0.25) is 11.8 Å². The molecule has 0 spiro atoms. The molecule has 8 nitrogen and oxygen atoms in total. The van der Waals surface area contributed by atoms with Crippen LogP contribution < -0.4 is 4.90 Å². The van der Waals surface area contributed by atoms with E-state index in [1.165, 1.54) is 19.3 Å². The van der Waals surface area contributed by atoms with Gasteiger partial charge in [-0.3, -0.25) is 14.4 Å². The molecule has 2 aromatic heterocycles. The number of carbonyl (C=O) groups is 1. The Morgan fingerprint density at radius 3 is 2.84 bits per heavy atom. The van der Waals surface area contributed by atoms with Gasteiger partial charge in [-0.25, -0.2) is 0 Å². The molecule has 2 aliphatic heterocycles. The molecule has 0 radical (unpaired) electrons. The zero-order chi connectivity index (χ0) is 16.8. The van der Waals surface area contributed by atoms with Crippen molar-refractivity contribution >= 4 is 11.6 Å². The van der Waals surface area contributed by atoms with Crippen LogP contribution in [-0.2, 0) is 11.3 Å². The molecule has 2 aromatic rings. The highest BCUT2D eigenvalue weighted by Crippen LogP contribution is 2.35. The molecule has 1 saturated carbocycles. The lowest BCUT2D eigenvalue weighted by atomic mass is 9.85. The van der Waals surface area contributed by atoms with Gasteiger partial charge in [-0.05, 0) is 19.3 Å². The van der Waals surface area contributed by atoms with Crippen molar-refractivity contribution < 1.29 is 9.32 Å². The largest absolute Gasteiger partial charge is 0.339 e. The Labute approximate surface area is 145 Å². The second kappa shape index (κ2) is 5.94. The summed E-state index contributed by atoms with van der Waals surface area (Å²) in [5, 5.41) is 8.56. The maximum atomic E-state index is 11.8. The average Bonchev–Trinajstić information content (AvgIpc) is 3.21. The van der Waals surface area contributed by atoms with E-state index in [1.54, 1.807) is 6.20 Å². The first kappa shape index (κ1) is 15.1.